The molecule has 1 fully saturated rings. The topological polar surface area (TPSA) is 40.6 Å². The summed E-state index contributed by atoms with van der Waals surface area (Å²) in [5.41, 5.74) is 4.14. The maximum Gasteiger partial charge on any atom is 0.227 e. The average molecular weight is 328 g/mol. The molecule has 1 saturated heterocycles. The van der Waals surface area contributed by atoms with Crippen molar-refractivity contribution < 1.29 is 9.59 Å². The summed E-state index contributed by atoms with van der Waals surface area (Å²) in [5.74, 6) is 0.793. The predicted molar refractivity (Wildman–Crippen MR) is 94.6 cm³/mol. The van der Waals surface area contributed by atoms with E-state index in [-0.39, 0.29) is 17.7 Å². The zero-order valence-electron chi connectivity index (χ0n) is 15.0. The van der Waals surface area contributed by atoms with Crippen molar-refractivity contribution in [1.29, 1.82) is 0 Å². The normalized spacial score (nSPS) is 20.9. The Morgan fingerprint density at radius 2 is 1.96 bits per heavy atom. The molecule has 1 aromatic carbocycles. The van der Waals surface area contributed by atoms with Crippen LogP contribution in [0, 0.1) is 5.92 Å². The maximum absolute atomic E-state index is 12.9. The fourth-order valence-corrected chi connectivity index (χ4v) is 4.09. The van der Waals surface area contributed by atoms with Gasteiger partial charge in [-0.25, -0.2) is 0 Å². The summed E-state index contributed by atoms with van der Waals surface area (Å²) >= 11 is 0. The van der Waals surface area contributed by atoms with E-state index >= 15 is 0 Å². The molecule has 2 heterocycles. The number of nitrogens with zero attached hydrogens (tertiary/aromatic N) is 2. The lowest BCUT2D eigenvalue weighted by molar-refractivity contribution is -0.140. The molecule has 1 aromatic rings. The van der Waals surface area contributed by atoms with E-state index in [0.717, 1.165) is 32.4 Å². The summed E-state index contributed by atoms with van der Waals surface area (Å²) in [6.45, 7) is 8.94. The first kappa shape index (κ1) is 17.0. The molecule has 2 aliphatic heterocycles. The van der Waals surface area contributed by atoms with E-state index in [2.05, 4.69) is 32.0 Å². The van der Waals surface area contributed by atoms with Crippen molar-refractivity contribution in [3.8, 4) is 0 Å². The first-order chi connectivity index (χ1) is 11.5. The summed E-state index contributed by atoms with van der Waals surface area (Å²) in [4.78, 5) is 28.4. The number of hydrogen-bond acceptors (Lipinski definition) is 2. The molecule has 0 aliphatic carbocycles. The SMILES string of the molecule is CC(=O)N1CCC[C@@H](C(=O)N2CCc3c(cccc3C(C)C)C2)C1. The van der Waals surface area contributed by atoms with Gasteiger partial charge in [0, 0.05) is 33.1 Å². The van der Waals surface area contributed by atoms with Crippen LogP contribution in [0.4, 0.5) is 0 Å². The van der Waals surface area contributed by atoms with Gasteiger partial charge in [0.25, 0.3) is 0 Å². The molecule has 0 saturated carbocycles. The second-order valence-corrected chi connectivity index (χ2v) is 7.45. The van der Waals surface area contributed by atoms with Gasteiger partial charge in [-0.1, -0.05) is 32.0 Å². The van der Waals surface area contributed by atoms with E-state index in [0.29, 0.717) is 19.0 Å². The summed E-state index contributed by atoms with van der Waals surface area (Å²) < 4.78 is 0. The number of carbonyl (C=O) groups is 2. The van der Waals surface area contributed by atoms with Crippen molar-refractivity contribution in [2.45, 2.75) is 52.5 Å². The Morgan fingerprint density at radius 1 is 1.17 bits per heavy atom. The Labute approximate surface area is 144 Å². The monoisotopic (exact) mass is 328 g/mol. The lowest BCUT2D eigenvalue weighted by atomic mass is 9.88. The molecule has 0 aromatic heterocycles. The standard InChI is InChI=1S/C20H28N2O2/c1-14(2)18-8-4-6-16-12-22(11-9-19(16)18)20(24)17-7-5-10-21(13-17)15(3)23/h4,6,8,14,17H,5,7,9-13H2,1-3H3/t17-/m1/s1. The van der Waals surface area contributed by atoms with Crippen LogP contribution in [-0.4, -0.2) is 41.2 Å². The molecule has 1 atom stereocenters. The molecular formula is C20H28N2O2. The lowest BCUT2D eigenvalue weighted by Crippen LogP contribution is -2.47. The van der Waals surface area contributed by atoms with E-state index in [1.807, 2.05) is 9.80 Å². The maximum atomic E-state index is 12.9. The van der Waals surface area contributed by atoms with Crippen LogP contribution in [0.3, 0.4) is 0 Å². The van der Waals surface area contributed by atoms with Crippen LogP contribution in [-0.2, 0) is 22.6 Å². The molecule has 0 unspecified atom stereocenters. The Hall–Kier alpha value is -1.84. The minimum Gasteiger partial charge on any atom is -0.342 e. The zero-order chi connectivity index (χ0) is 17.3. The first-order valence-electron chi connectivity index (χ1n) is 9.12. The minimum atomic E-state index is -0.0301. The molecule has 3 rings (SSSR count). The second-order valence-electron chi connectivity index (χ2n) is 7.45. The van der Waals surface area contributed by atoms with Gasteiger partial charge in [-0.15, -0.1) is 0 Å². The zero-order valence-corrected chi connectivity index (χ0v) is 15.0. The number of hydrogen-bond donors (Lipinski definition) is 0. The number of likely N-dealkylation sites (tertiary alicyclic amines) is 1. The highest BCUT2D eigenvalue weighted by molar-refractivity contribution is 5.81. The van der Waals surface area contributed by atoms with E-state index in [1.165, 1.54) is 16.7 Å². The lowest BCUT2D eigenvalue weighted by Gasteiger charge is -2.37. The molecule has 24 heavy (non-hydrogen) atoms. The Kier molecular flexibility index (Phi) is 4.93. The fraction of sp³-hybridized carbons (Fsp3) is 0.600. The summed E-state index contributed by atoms with van der Waals surface area (Å²) in [7, 11) is 0. The Bertz CT molecular complexity index is 639. The van der Waals surface area contributed by atoms with E-state index in [9.17, 15) is 9.59 Å². The number of carbonyl (C=O) groups excluding carboxylic acids is 2. The van der Waals surface area contributed by atoms with Crippen LogP contribution in [0.1, 0.15) is 56.2 Å². The van der Waals surface area contributed by atoms with E-state index in [4.69, 9.17) is 0 Å². The third kappa shape index (κ3) is 3.33. The van der Waals surface area contributed by atoms with Gasteiger partial charge in [-0.3, -0.25) is 9.59 Å². The third-order valence-corrected chi connectivity index (χ3v) is 5.45. The van der Waals surface area contributed by atoms with Gasteiger partial charge in [-0.05, 0) is 41.9 Å². The van der Waals surface area contributed by atoms with E-state index < -0.39 is 0 Å². The molecular weight excluding hydrogens is 300 g/mol. The van der Waals surface area contributed by atoms with Gasteiger partial charge in [0.1, 0.15) is 0 Å². The summed E-state index contributed by atoms with van der Waals surface area (Å²) in [5, 5.41) is 0. The van der Waals surface area contributed by atoms with Gasteiger partial charge in [0.2, 0.25) is 11.8 Å². The van der Waals surface area contributed by atoms with Crippen molar-refractivity contribution in [2.24, 2.45) is 5.92 Å². The van der Waals surface area contributed by atoms with E-state index in [1.54, 1.807) is 6.92 Å². The van der Waals surface area contributed by atoms with Crippen LogP contribution in [0.25, 0.3) is 0 Å². The molecule has 4 heteroatoms. The van der Waals surface area contributed by atoms with Crippen LogP contribution < -0.4 is 0 Å². The molecule has 0 bridgehead atoms. The number of piperidine rings is 1. The van der Waals surface area contributed by atoms with Crippen LogP contribution in [0.15, 0.2) is 18.2 Å². The van der Waals surface area contributed by atoms with Crippen molar-refractivity contribution in [3.63, 3.8) is 0 Å². The predicted octanol–water partition coefficient (Wildman–Crippen LogP) is 2.95. The minimum absolute atomic E-state index is 0.0301. The molecule has 0 N–H and O–H groups in total. The quantitative estimate of drug-likeness (QED) is 0.837. The first-order valence-corrected chi connectivity index (χ1v) is 9.12. The molecule has 0 radical (unpaired) electrons. The third-order valence-electron chi connectivity index (χ3n) is 5.45. The summed E-state index contributed by atoms with van der Waals surface area (Å²) in [6, 6.07) is 6.48. The number of benzene rings is 1. The number of amides is 2. The van der Waals surface area contributed by atoms with Crippen molar-refractivity contribution >= 4 is 11.8 Å². The van der Waals surface area contributed by atoms with Crippen LogP contribution >= 0.6 is 0 Å². The average Bonchev–Trinajstić information content (AvgIpc) is 2.60. The molecule has 130 valence electrons. The van der Waals surface area contributed by atoms with Gasteiger partial charge < -0.3 is 9.80 Å². The van der Waals surface area contributed by atoms with Gasteiger partial charge in [-0.2, -0.15) is 0 Å². The molecule has 0 spiro atoms. The second kappa shape index (κ2) is 6.96. The highest BCUT2D eigenvalue weighted by Gasteiger charge is 2.32. The van der Waals surface area contributed by atoms with Crippen molar-refractivity contribution in [1.82, 2.24) is 9.80 Å². The van der Waals surface area contributed by atoms with Crippen molar-refractivity contribution in [2.75, 3.05) is 19.6 Å². The Balaban J connectivity index is 1.72. The molecule has 2 aliphatic rings. The van der Waals surface area contributed by atoms with Gasteiger partial charge in [0.15, 0.2) is 0 Å². The van der Waals surface area contributed by atoms with Crippen LogP contribution in [0.2, 0.25) is 0 Å². The number of fused-ring (bicyclic) bond motifs is 1. The fourth-order valence-electron chi connectivity index (χ4n) is 4.09. The van der Waals surface area contributed by atoms with Crippen molar-refractivity contribution in [3.05, 3.63) is 34.9 Å². The van der Waals surface area contributed by atoms with Gasteiger partial charge in [0.05, 0.1) is 5.92 Å². The Morgan fingerprint density at radius 3 is 2.67 bits per heavy atom. The summed E-state index contributed by atoms with van der Waals surface area (Å²) in [6.07, 6.45) is 2.77. The highest BCUT2D eigenvalue weighted by atomic mass is 16.2. The number of rotatable bonds is 2. The molecule has 2 amide bonds. The van der Waals surface area contributed by atoms with Gasteiger partial charge >= 0.3 is 0 Å². The largest absolute Gasteiger partial charge is 0.342 e. The smallest absolute Gasteiger partial charge is 0.227 e. The highest BCUT2D eigenvalue weighted by Crippen LogP contribution is 2.29. The van der Waals surface area contributed by atoms with Crippen LogP contribution in [0.5, 0.6) is 0 Å². The molecule has 4 nitrogen and oxygen atoms in total.